The predicted molar refractivity (Wildman–Crippen MR) is 84.9 cm³/mol. The van der Waals surface area contributed by atoms with Crippen LogP contribution in [-0.2, 0) is 6.42 Å². The lowest BCUT2D eigenvalue weighted by Gasteiger charge is -2.27. The van der Waals surface area contributed by atoms with E-state index in [0.29, 0.717) is 6.54 Å². The molecule has 0 saturated heterocycles. The van der Waals surface area contributed by atoms with Gasteiger partial charge in [-0.05, 0) is 60.7 Å². The highest BCUT2D eigenvalue weighted by molar-refractivity contribution is 5.75. The fourth-order valence-corrected chi connectivity index (χ4v) is 2.95. The van der Waals surface area contributed by atoms with E-state index in [1.54, 1.807) is 13.2 Å². The molecular formula is C18H20FNO2. The number of aryl methyl sites for hydroxylation is 2. The van der Waals surface area contributed by atoms with E-state index in [4.69, 9.17) is 15.2 Å². The zero-order valence-corrected chi connectivity index (χ0v) is 12.9. The SMILES string of the molecule is COc1ccc(-c2cc(F)cc3c2O[C@@H](CN)CC3)c(C)c1. The molecule has 2 N–H and O–H groups in total. The second kappa shape index (κ2) is 5.97. The molecule has 22 heavy (non-hydrogen) atoms. The summed E-state index contributed by atoms with van der Waals surface area (Å²) in [5, 5.41) is 0. The van der Waals surface area contributed by atoms with E-state index in [1.807, 2.05) is 25.1 Å². The molecule has 0 radical (unpaired) electrons. The van der Waals surface area contributed by atoms with Gasteiger partial charge in [0.2, 0.25) is 0 Å². The number of hydrogen-bond donors (Lipinski definition) is 1. The Kier molecular flexibility index (Phi) is 4.03. The largest absolute Gasteiger partial charge is 0.497 e. The summed E-state index contributed by atoms with van der Waals surface area (Å²) in [5.74, 6) is 1.31. The molecule has 2 aromatic rings. The van der Waals surface area contributed by atoms with Crippen molar-refractivity contribution >= 4 is 0 Å². The summed E-state index contributed by atoms with van der Waals surface area (Å²) in [6.45, 7) is 2.45. The van der Waals surface area contributed by atoms with Crippen LogP contribution in [-0.4, -0.2) is 19.8 Å². The fraction of sp³-hybridized carbons (Fsp3) is 0.333. The van der Waals surface area contributed by atoms with E-state index in [-0.39, 0.29) is 11.9 Å². The quantitative estimate of drug-likeness (QED) is 0.944. The molecule has 1 heterocycles. The lowest BCUT2D eigenvalue weighted by Crippen LogP contribution is -2.30. The number of fused-ring (bicyclic) bond motifs is 1. The molecule has 0 aromatic heterocycles. The van der Waals surface area contributed by atoms with Crippen LogP contribution in [0.1, 0.15) is 17.5 Å². The number of rotatable bonds is 3. The van der Waals surface area contributed by atoms with Crippen molar-refractivity contribution in [3.8, 4) is 22.6 Å². The second-order valence-corrected chi connectivity index (χ2v) is 5.64. The highest BCUT2D eigenvalue weighted by atomic mass is 19.1. The molecular weight excluding hydrogens is 281 g/mol. The zero-order valence-electron chi connectivity index (χ0n) is 12.9. The minimum absolute atomic E-state index is 0.00438. The summed E-state index contributed by atoms with van der Waals surface area (Å²) in [7, 11) is 1.63. The predicted octanol–water partition coefficient (Wildman–Crippen LogP) is 3.46. The minimum atomic E-state index is -0.237. The van der Waals surface area contributed by atoms with Crippen LogP contribution >= 0.6 is 0 Å². The van der Waals surface area contributed by atoms with E-state index in [2.05, 4.69) is 0 Å². The molecule has 0 saturated carbocycles. The Morgan fingerprint density at radius 3 is 2.77 bits per heavy atom. The van der Waals surface area contributed by atoms with Crippen LogP contribution < -0.4 is 15.2 Å². The first-order chi connectivity index (χ1) is 10.6. The topological polar surface area (TPSA) is 44.5 Å². The van der Waals surface area contributed by atoms with Crippen molar-refractivity contribution in [2.24, 2.45) is 5.73 Å². The summed E-state index contributed by atoms with van der Waals surface area (Å²) in [6.07, 6.45) is 1.61. The summed E-state index contributed by atoms with van der Waals surface area (Å²) in [6, 6.07) is 8.86. The maximum Gasteiger partial charge on any atom is 0.131 e. The molecule has 116 valence electrons. The monoisotopic (exact) mass is 301 g/mol. The fourth-order valence-electron chi connectivity index (χ4n) is 2.95. The van der Waals surface area contributed by atoms with Gasteiger partial charge in [0, 0.05) is 12.1 Å². The van der Waals surface area contributed by atoms with Crippen molar-refractivity contribution in [2.75, 3.05) is 13.7 Å². The van der Waals surface area contributed by atoms with Gasteiger partial charge in [0.25, 0.3) is 0 Å². The van der Waals surface area contributed by atoms with Crippen molar-refractivity contribution in [1.82, 2.24) is 0 Å². The third kappa shape index (κ3) is 2.66. The number of hydrogen-bond acceptors (Lipinski definition) is 3. The van der Waals surface area contributed by atoms with E-state index in [9.17, 15) is 4.39 Å². The number of benzene rings is 2. The molecule has 2 aromatic carbocycles. The van der Waals surface area contributed by atoms with Gasteiger partial charge in [0.05, 0.1) is 7.11 Å². The molecule has 1 atom stereocenters. The van der Waals surface area contributed by atoms with Gasteiger partial charge in [-0.1, -0.05) is 6.07 Å². The summed E-state index contributed by atoms with van der Waals surface area (Å²) in [4.78, 5) is 0. The number of nitrogens with two attached hydrogens (primary N) is 1. The smallest absolute Gasteiger partial charge is 0.131 e. The third-order valence-electron chi connectivity index (χ3n) is 4.14. The maximum atomic E-state index is 14.0. The lowest BCUT2D eigenvalue weighted by atomic mass is 9.93. The highest BCUT2D eigenvalue weighted by Gasteiger charge is 2.23. The van der Waals surface area contributed by atoms with Crippen LogP contribution in [0, 0.1) is 12.7 Å². The Morgan fingerprint density at radius 2 is 2.09 bits per heavy atom. The Hall–Kier alpha value is -2.07. The van der Waals surface area contributed by atoms with Crippen molar-refractivity contribution in [2.45, 2.75) is 25.9 Å². The molecule has 4 heteroatoms. The molecule has 0 spiro atoms. The van der Waals surface area contributed by atoms with Gasteiger partial charge < -0.3 is 15.2 Å². The average Bonchev–Trinajstić information content (AvgIpc) is 2.53. The average molecular weight is 301 g/mol. The van der Waals surface area contributed by atoms with Gasteiger partial charge in [0.1, 0.15) is 23.4 Å². The van der Waals surface area contributed by atoms with Gasteiger partial charge in [-0.2, -0.15) is 0 Å². The Morgan fingerprint density at radius 1 is 1.27 bits per heavy atom. The Labute approximate surface area is 129 Å². The van der Waals surface area contributed by atoms with E-state index >= 15 is 0 Å². The molecule has 1 aliphatic heterocycles. The van der Waals surface area contributed by atoms with Crippen molar-refractivity contribution < 1.29 is 13.9 Å². The normalized spacial score (nSPS) is 16.8. The van der Waals surface area contributed by atoms with Crippen molar-refractivity contribution in [3.05, 3.63) is 47.3 Å². The Balaban J connectivity index is 2.13. The van der Waals surface area contributed by atoms with E-state index < -0.39 is 0 Å². The van der Waals surface area contributed by atoms with E-state index in [0.717, 1.165) is 46.6 Å². The zero-order chi connectivity index (χ0) is 15.7. The molecule has 3 rings (SSSR count). The number of methoxy groups -OCH3 is 1. The van der Waals surface area contributed by atoms with Crippen LogP contribution in [0.2, 0.25) is 0 Å². The van der Waals surface area contributed by atoms with E-state index in [1.165, 1.54) is 6.07 Å². The standard InChI is InChI=1S/C18H20FNO2/c1-11-7-14(21-2)5-6-16(11)17-9-13(19)8-12-3-4-15(10-20)22-18(12)17/h5-9,15H,3-4,10,20H2,1-2H3/t15-/m1/s1. The van der Waals surface area contributed by atoms with Gasteiger partial charge in [0.15, 0.2) is 0 Å². The first kappa shape index (κ1) is 14.9. The van der Waals surface area contributed by atoms with Crippen LogP contribution in [0.4, 0.5) is 4.39 Å². The molecule has 1 aliphatic rings. The lowest BCUT2D eigenvalue weighted by molar-refractivity contribution is 0.182. The van der Waals surface area contributed by atoms with Gasteiger partial charge in [-0.15, -0.1) is 0 Å². The first-order valence-electron chi connectivity index (χ1n) is 7.46. The molecule has 0 aliphatic carbocycles. The highest BCUT2D eigenvalue weighted by Crippen LogP contribution is 2.40. The van der Waals surface area contributed by atoms with Crippen molar-refractivity contribution in [3.63, 3.8) is 0 Å². The van der Waals surface area contributed by atoms with Gasteiger partial charge >= 0.3 is 0 Å². The Bertz CT molecular complexity index is 700. The number of ether oxygens (including phenoxy) is 2. The summed E-state index contributed by atoms with van der Waals surface area (Å²) < 4.78 is 25.2. The molecule has 3 nitrogen and oxygen atoms in total. The summed E-state index contributed by atoms with van der Waals surface area (Å²) in [5.41, 5.74) is 9.40. The summed E-state index contributed by atoms with van der Waals surface area (Å²) >= 11 is 0. The van der Waals surface area contributed by atoms with Crippen LogP contribution in [0.15, 0.2) is 30.3 Å². The van der Waals surface area contributed by atoms with Gasteiger partial charge in [-0.25, -0.2) is 4.39 Å². The van der Waals surface area contributed by atoms with Crippen LogP contribution in [0.5, 0.6) is 11.5 Å². The van der Waals surface area contributed by atoms with Crippen molar-refractivity contribution in [1.29, 1.82) is 0 Å². The third-order valence-corrected chi connectivity index (χ3v) is 4.14. The molecule has 0 amide bonds. The van der Waals surface area contributed by atoms with Crippen LogP contribution in [0.3, 0.4) is 0 Å². The maximum absolute atomic E-state index is 14.0. The molecule has 0 bridgehead atoms. The first-order valence-corrected chi connectivity index (χ1v) is 7.46. The molecule has 0 unspecified atom stereocenters. The number of halogens is 1. The second-order valence-electron chi connectivity index (χ2n) is 5.64. The van der Waals surface area contributed by atoms with Gasteiger partial charge in [-0.3, -0.25) is 0 Å². The minimum Gasteiger partial charge on any atom is -0.497 e. The molecule has 0 fully saturated rings. The van der Waals surface area contributed by atoms with Crippen LogP contribution in [0.25, 0.3) is 11.1 Å².